The van der Waals surface area contributed by atoms with Crippen molar-refractivity contribution in [2.45, 2.75) is 50.5 Å². The maximum atomic E-state index is 12.7. The van der Waals surface area contributed by atoms with Gasteiger partial charge in [0.2, 0.25) is 5.91 Å². The highest BCUT2D eigenvalue weighted by Gasteiger charge is 2.31. The number of benzene rings is 1. The predicted octanol–water partition coefficient (Wildman–Crippen LogP) is 3.70. The fourth-order valence-corrected chi connectivity index (χ4v) is 3.37. The highest BCUT2D eigenvalue weighted by atomic mass is 35.5. The number of halogens is 1. The van der Waals surface area contributed by atoms with E-state index >= 15 is 0 Å². The monoisotopic (exact) mass is 362 g/mol. The van der Waals surface area contributed by atoms with Gasteiger partial charge in [0.1, 0.15) is 11.4 Å². The zero-order valence-electron chi connectivity index (χ0n) is 14.9. The molecule has 1 aliphatic carbocycles. The molecule has 25 heavy (non-hydrogen) atoms. The van der Waals surface area contributed by atoms with Gasteiger partial charge in [0.05, 0.1) is 5.69 Å². The highest BCUT2D eigenvalue weighted by Crippen LogP contribution is 2.33. The van der Waals surface area contributed by atoms with E-state index in [0.717, 1.165) is 11.3 Å². The van der Waals surface area contributed by atoms with Crippen LogP contribution in [0.3, 0.4) is 0 Å². The lowest BCUT2D eigenvalue weighted by molar-refractivity contribution is -0.120. The first kappa shape index (κ1) is 19.5. The third kappa shape index (κ3) is 4.22. The molecule has 1 fully saturated rings. The molecule has 1 saturated carbocycles. The Morgan fingerprint density at radius 3 is 2.52 bits per heavy atom. The van der Waals surface area contributed by atoms with Gasteiger partial charge in [-0.25, -0.2) is 0 Å². The number of hydrogen-bond acceptors (Lipinski definition) is 3. The van der Waals surface area contributed by atoms with E-state index in [0.29, 0.717) is 11.7 Å². The Morgan fingerprint density at radius 2 is 1.88 bits per heavy atom. The molecule has 2 aromatic rings. The summed E-state index contributed by atoms with van der Waals surface area (Å²) in [5.41, 5.74) is 7.06. The molecule has 3 rings (SSSR count). The number of nitrogens with one attached hydrogen (secondary N) is 1. The lowest BCUT2D eigenvalue weighted by Crippen LogP contribution is -2.45. The summed E-state index contributed by atoms with van der Waals surface area (Å²) in [6, 6.07) is 11.4. The Balaban J connectivity index is 0.00000225. The first-order valence-electron chi connectivity index (χ1n) is 8.68. The molecular weight excluding hydrogens is 336 g/mol. The van der Waals surface area contributed by atoms with Gasteiger partial charge < -0.3 is 11.1 Å². The van der Waals surface area contributed by atoms with Gasteiger partial charge in [-0.15, -0.1) is 12.4 Å². The van der Waals surface area contributed by atoms with Gasteiger partial charge in [-0.1, -0.05) is 49.6 Å². The van der Waals surface area contributed by atoms with Crippen LogP contribution < -0.4 is 11.1 Å². The molecular formula is C19H27ClN4O. The van der Waals surface area contributed by atoms with Gasteiger partial charge in [-0.3, -0.25) is 9.48 Å². The van der Waals surface area contributed by atoms with E-state index in [9.17, 15) is 4.79 Å². The topological polar surface area (TPSA) is 72.9 Å². The average molecular weight is 363 g/mol. The molecule has 1 heterocycles. The summed E-state index contributed by atoms with van der Waals surface area (Å²) in [7, 11) is 1.86. The summed E-state index contributed by atoms with van der Waals surface area (Å²) in [4.78, 5) is 12.7. The fraction of sp³-hybridized carbons (Fsp3) is 0.474. The summed E-state index contributed by atoms with van der Waals surface area (Å²) >= 11 is 0. The molecule has 1 amide bonds. The molecule has 1 aliphatic rings. The Hall–Kier alpha value is -1.85. The summed E-state index contributed by atoms with van der Waals surface area (Å²) in [6.07, 6.45) is 6.21. The van der Waals surface area contributed by atoms with Crippen molar-refractivity contribution < 1.29 is 4.79 Å². The summed E-state index contributed by atoms with van der Waals surface area (Å²) in [6.45, 7) is 1.73. The summed E-state index contributed by atoms with van der Waals surface area (Å²) in [5, 5.41) is 7.55. The number of aryl methyl sites for hydroxylation is 1. The van der Waals surface area contributed by atoms with E-state index < -0.39 is 5.54 Å². The largest absolute Gasteiger partial charge is 0.314 e. The van der Waals surface area contributed by atoms with E-state index in [1.165, 1.54) is 32.1 Å². The van der Waals surface area contributed by atoms with Crippen LogP contribution in [0.5, 0.6) is 0 Å². The van der Waals surface area contributed by atoms with Crippen molar-refractivity contribution in [3.05, 3.63) is 47.7 Å². The SMILES string of the molecule is Cl.Cn1nc(C2CCCCC2)cc1NC(=O)C(C)(N)c1ccccc1. The molecule has 1 unspecified atom stereocenters. The van der Waals surface area contributed by atoms with Crippen LogP contribution in [0, 0.1) is 0 Å². The predicted molar refractivity (Wildman–Crippen MR) is 103 cm³/mol. The lowest BCUT2D eigenvalue weighted by atomic mass is 9.87. The molecule has 0 bridgehead atoms. The second-order valence-electron chi connectivity index (χ2n) is 6.94. The molecule has 0 radical (unpaired) electrons. The van der Waals surface area contributed by atoms with Crippen LogP contribution in [0.15, 0.2) is 36.4 Å². The minimum atomic E-state index is -1.09. The summed E-state index contributed by atoms with van der Waals surface area (Å²) < 4.78 is 1.74. The number of nitrogens with zero attached hydrogens (tertiary/aromatic N) is 2. The molecule has 3 N–H and O–H groups in total. The Morgan fingerprint density at radius 1 is 1.24 bits per heavy atom. The second-order valence-corrected chi connectivity index (χ2v) is 6.94. The van der Waals surface area contributed by atoms with E-state index in [-0.39, 0.29) is 18.3 Å². The van der Waals surface area contributed by atoms with Crippen molar-refractivity contribution in [1.82, 2.24) is 9.78 Å². The van der Waals surface area contributed by atoms with Crippen LogP contribution >= 0.6 is 12.4 Å². The normalized spacial score (nSPS) is 17.4. The van der Waals surface area contributed by atoms with Crippen molar-refractivity contribution in [2.24, 2.45) is 12.8 Å². The maximum absolute atomic E-state index is 12.7. The first-order valence-corrected chi connectivity index (χ1v) is 8.68. The number of nitrogens with two attached hydrogens (primary N) is 1. The second kappa shape index (κ2) is 8.02. The Labute approximate surface area is 155 Å². The average Bonchev–Trinajstić information content (AvgIpc) is 2.97. The fourth-order valence-electron chi connectivity index (χ4n) is 3.37. The number of amides is 1. The first-order chi connectivity index (χ1) is 11.5. The molecule has 1 aromatic carbocycles. The Bertz CT molecular complexity index is 705. The van der Waals surface area contributed by atoms with E-state index in [4.69, 9.17) is 5.73 Å². The highest BCUT2D eigenvalue weighted by molar-refractivity contribution is 5.97. The number of aromatic nitrogens is 2. The van der Waals surface area contributed by atoms with Crippen molar-refractivity contribution in [1.29, 1.82) is 0 Å². The quantitative estimate of drug-likeness (QED) is 0.870. The number of carbonyl (C=O) groups is 1. The van der Waals surface area contributed by atoms with Crippen LogP contribution in [0.2, 0.25) is 0 Å². The van der Waals surface area contributed by atoms with Crippen molar-refractivity contribution >= 4 is 24.1 Å². The maximum Gasteiger partial charge on any atom is 0.249 e. The minimum Gasteiger partial charge on any atom is -0.314 e. The van der Waals surface area contributed by atoms with Crippen molar-refractivity contribution in [2.75, 3.05) is 5.32 Å². The smallest absolute Gasteiger partial charge is 0.249 e. The zero-order valence-corrected chi connectivity index (χ0v) is 15.7. The van der Waals surface area contributed by atoms with E-state index in [1.54, 1.807) is 11.6 Å². The molecule has 1 aromatic heterocycles. The standard InChI is InChI=1S/C19H26N4O.ClH/c1-19(20,15-11-7-4-8-12-15)18(24)21-17-13-16(22-23(17)2)14-9-5-3-6-10-14;/h4,7-8,11-14H,3,5-6,9-10,20H2,1-2H3,(H,21,24);1H. The molecule has 0 aliphatic heterocycles. The Kier molecular flexibility index (Phi) is 6.25. The molecule has 0 spiro atoms. The minimum absolute atomic E-state index is 0. The molecule has 1 atom stereocenters. The van der Waals surface area contributed by atoms with Crippen LogP contribution in [-0.4, -0.2) is 15.7 Å². The summed E-state index contributed by atoms with van der Waals surface area (Å²) in [5.74, 6) is 0.981. The van der Waals surface area contributed by atoms with Gasteiger partial charge in [-0.2, -0.15) is 5.10 Å². The van der Waals surface area contributed by atoms with Gasteiger partial charge in [-0.05, 0) is 25.3 Å². The van der Waals surface area contributed by atoms with Crippen LogP contribution in [0.4, 0.5) is 5.82 Å². The van der Waals surface area contributed by atoms with Crippen LogP contribution in [-0.2, 0) is 17.4 Å². The lowest BCUT2D eigenvalue weighted by Gasteiger charge is -2.24. The van der Waals surface area contributed by atoms with Crippen LogP contribution in [0.1, 0.15) is 56.2 Å². The number of carbonyl (C=O) groups excluding carboxylic acids is 1. The third-order valence-corrected chi connectivity index (χ3v) is 5.01. The van der Waals surface area contributed by atoms with Crippen molar-refractivity contribution in [3.63, 3.8) is 0 Å². The third-order valence-electron chi connectivity index (χ3n) is 5.01. The van der Waals surface area contributed by atoms with Gasteiger partial charge >= 0.3 is 0 Å². The zero-order chi connectivity index (χ0) is 17.2. The van der Waals surface area contributed by atoms with E-state index in [1.807, 2.05) is 43.4 Å². The number of anilines is 1. The number of rotatable bonds is 4. The molecule has 136 valence electrons. The van der Waals surface area contributed by atoms with Crippen LogP contribution in [0.25, 0.3) is 0 Å². The van der Waals surface area contributed by atoms with Gasteiger partial charge in [0, 0.05) is 19.0 Å². The van der Waals surface area contributed by atoms with Gasteiger partial charge in [0.15, 0.2) is 0 Å². The molecule has 0 saturated heterocycles. The van der Waals surface area contributed by atoms with Crippen molar-refractivity contribution in [3.8, 4) is 0 Å². The number of hydrogen-bond donors (Lipinski definition) is 2. The van der Waals surface area contributed by atoms with E-state index in [2.05, 4.69) is 10.4 Å². The van der Waals surface area contributed by atoms with Gasteiger partial charge in [0.25, 0.3) is 0 Å². The molecule has 5 nitrogen and oxygen atoms in total. The molecule has 6 heteroatoms.